The molecule has 1 aromatic heterocycles. The molecule has 0 saturated carbocycles. The Labute approximate surface area is 181 Å². The molecule has 2 aliphatic carbocycles. The zero-order valence-electron chi connectivity index (χ0n) is 17.2. The van der Waals surface area contributed by atoms with Crippen LogP contribution in [0.3, 0.4) is 0 Å². The number of amides is 2. The van der Waals surface area contributed by atoms with Crippen molar-refractivity contribution in [2.45, 2.75) is 43.4 Å². The average molecular weight is 444 g/mol. The molecule has 5 rings (SSSR count). The third kappa shape index (κ3) is 3.97. The van der Waals surface area contributed by atoms with Crippen molar-refractivity contribution < 1.29 is 17.9 Å². The molecule has 31 heavy (non-hydrogen) atoms. The lowest BCUT2D eigenvalue weighted by atomic mass is 9.99. The number of hydrogen-bond donors (Lipinski definition) is 2. The summed E-state index contributed by atoms with van der Waals surface area (Å²) in [5, 5.41) is 10.7. The van der Waals surface area contributed by atoms with Crippen LogP contribution in [0, 0.1) is 0 Å². The van der Waals surface area contributed by atoms with Crippen LogP contribution in [0.4, 0.5) is 16.3 Å². The van der Waals surface area contributed by atoms with Crippen molar-refractivity contribution in [2.75, 3.05) is 36.5 Å². The summed E-state index contributed by atoms with van der Waals surface area (Å²) in [6.07, 6.45) is 7.08. The number of aromatic nitrogens is 2. The van der Waals surface area contributed by atoms with E-state index in [1.807, 2.05) is 4.90 Å². The Morgan fingerprint density at radius 2 is 1.68 bits per heavy atom. The van der Waals surface area contributed by atoms with Crippen LogP contribution in [-0.2, 0) is 40.4 Å². The van der Waals surface area contributed by atoms with Crippen LogP contribution in [0.15, 0.2) is 23.2 Å². The minimum atomic E-state index is -4.09. The van der Waals surface area contributed by atoms with Gasteiger partial charge in [0.1, 0.15) is 4.90 Å². The number of carbonyl (C=O) groups excluding carboxylic acids is 1. The fourth-order valence-corrected chi connectivity index (χ4v) is 5.58. The Kier molecular flexibility index (Phi) is 5.27. The molecule has 0 unspecified atom stereocenters. The summed E-state index contributed by atoms with van der Waals surface area (Å²) in [5.74, 6) is 0.449. The van der Waals surface area contributed by atoms with E-state index in [4.69, 9.17) is 4.74 Å². The average Bonchev–Trinajstić information content (AvgIpc) is 3.43. The van der Waals surface area contributed by atoms with E-state index in [2.05, 4.69) is 26.3 Å². The second kappa shape index (κ2) is 8.08. The van der Waals surface area contributed by atoms with Crippen molar-refractivity contribution in [3.8, 4) is 0 Å². The molecule has 1 saturated heterocycles. The zero-order valence-corrected chi connectivity index (χ0v) is 18.0. The van der Waals surface area contributed by atoms with Gasteiger partial charge in [-0.15, -0.1) is 5.10 Å². The maximum absolute atomic E-state index is 12.9. The molecule has 2 heterocycles. The second-order valence-corrected chi connectivity index (χ2v) is 9.82. The second-order valence-electron chi connectivity index (χ2n) is 8.14. The van der Waals surface area contributed by atoms with Crippen LogP contribution < -0.4 is 14.9 Å². The normalized spacial score (nSPS) is 17.9. The number of morpholine rings is 1. The third-order valence-corrected chi connectivity index (χ3v) is 7.50. The minimum absolute atomic E-state index is 0.0948. The molecule has 0 spiro atoms. The third-order valence-electron chi connectivity index (χ3n) is 6.20. The van der Waals surface area contributed by atoms with E-state index in [-0.39, 0.29) is 4.90 Å². The van der Waals surface area contributed by atoms with Gasteiger partial charge in [-0.05, 0) is 60.8 Å². The SMILES string of the molecule is O=C(Nc1c2c(cc3c1CCC3)CCC2)NS(=O)(=O)c1cnnc(N2CCOCC2)c1. The predicted molar refractivity (Wildman–Crippen MR) is 115 cm³/mol. The Balaban J connectivity index is 1.36. The highest BCUT2D eigenvalue weighted by molar-refractivity contribution is 7.90. The maximum atomic E-state index is 12.9. The maximum Gasteiger partial charge on any atom is 0.333 e. The molecule has 0 bridgehead atoms. The molecule has 3 aliphatic rings. The van der Waals surface area contributed by atoms with E-state index in [9.17, 15) is 13.2 Å². The molecule has 1 aliphatic heterocycles. The van der Waals surface area contributed by atoms with Crippen molar-refractivity contribution in [3.63, 3.8) is 0 Å². The van der Waals surface area contributed by atoms with E-state index in [1.165, 1.54) is 17.2 Å². The zero-order chi connectivity index (χ0) is 21.4. The number of benzene rings is 1. The largest absolute Gasteiger partial charge is 0.378 e. The number of rotatable bonds is 4. The van der Waals surface area contributed by atoms with Gasteiger partial charge in [0.2, 0.25) is 0 Å². The summed E-state index contributed by atoms with van der Waals surface area (Å²) < 4.78 is 33.2. The van der Waals surface area contributed by atoms with Crippen molar-refractivity contribution in [2.24, 2.45) is 0 Å². The van der Waals surface area contributed by atoms with Crippen LogP contribution in [0.1, 0.15) is 35.1 Å². The molecular formula is C21H25N5O4S. The first kappa shape index (κ1) is 20.2. The quantitative estimate of drug-likeness (QED) is 0.741. The molecule has 9 nitrogen and oxygen atoms in total. The Bertz CT molecular complexity index is 1100. The fourth-order valence-electron chi connectivity index (χ4n) is 4.72. The highest BCUT2D eigenvalue weighted by Gasteiger charge is 2.27. The van der Waals surface area contributed by atoms with Crippen molar-refractivity contribution in [3.05, 3.63) is 40.6 Å². The molecule has 1 aromatic carbocycles. The summed E-state index contributed by atoms with van der Waals surface area (Å²) in [6, 6.07) is 2.95. The van der Waals surface area contributed by atoms with Gasteiger partial charge in [-0.25, -0.2) is 17.9 Å². The first-order valence-electron chi connectivity index (χ1n) is 10.7. The number of hydrogen-bond acceptors (Lipinski definition) is 7. The summed E-state index contributed by atoms with van der Waals surface area (Å²) in [5.41, 5.74) is 5.64. The molecule has 0 radical (unpaired) electrons. The predicted octanol–water partition coefficient (Wildman–Crippen LogP) is 1.80. The van der Waals surface area contributed by atoms with Crippen LogP contribution in [0.25, 0.3) is 0 Å². The van der Waals surface area contributed by atoms with Crippen LogP contribution in [0.5, 0.6) is 0 Å². The van der Waals surface area contributed by atoms with Gasteiger partial charge < -0.3 is 15.0 Å². The summed E-state index contributed by atoms with van der Waals surface area (Å²) in [4.78, 5) is 14.5. The van der Waals surface area contributed by atoms with E-state index in [1.54, 1.807) is 0 Å². The van der Waals surface area contributed by atoms with E-state index in [0.717, 1.165) is 61.5 Å². The van der Waals surface area contributed by atoms with Crippen molar-refractivity contribution in [1.29, 1.82) is 0 Å². The first-order valence-corrected chi connectivity index (χ1v) is 12.2. The van der Waals surface area contributed by atoms with Gasteiger partial charge in [0.15, 0.2) is 5.82 Å². The number of anilines is 2. The number of nitrogens with one attached hydrogen (secondary N) is 2. The Morgan fingerprint density at radius 1 is 1.00 bits per heavy atom. The Hall–Kier alpha value is -2.72. The standard InChI is InChI=1S/C21H25N5O4S/c27-21(23-20-17-5-1-3-14(17)11-15-4-2-6-18(15)20)25-31(28,29)16-12-19(24-22-13-16)26-7-9-30-10-8-26/h11-13H,1-10H2,(H2,23,25,27). The van der Waals surface area contributed by atoms with E-state index >= 15 is 0 Å². The summed E-state index contributed by atoms with van der Waals surface area (Å²) in [7, 11) is -4.09. The van der Waals surface area contributed by atoms with Gasteiger partial charge in [-0.2, -0.15) is 5.10 Å². The summed E-state index contributed by atoms with van der Waals surface area (Å²) in [6.45, 7) is 2.31. The molecule has 10 heteroatoms. The monoisotopic (exact) mass is 443 g/mol. The van der Waals surface area contributed by atoms with Gasteiger partial charge in [0.05, 0.1) is 19.4 Å². The lowest BCUT2D eigenvalue weighted by Crippen LogP contribution is -2.37. The fraction of sp³-hybridized carbons (Fsp3) is 0.476. The van der Waals surface area contributed by atoms with Crippen LogP contribution >= 0.6 is 0 Å². The number of nitrogens with zero attached hydrogens (tertiary/aromatic N) is 3. The smallest absolute Gasteiger partial charge is 0.333 e. The molecule has 164 valence electrons. The first-order chi connectivity index (χ1) is 15.0. The highest BCUT2D eigenvalue weighted by atomic mass is 32.2. The number of sulfonamides is 1. The van der Waals surface area contributed by atoms with E-state index in [0.29, 0.717) is 32.1 Å². The van der Waals surface area contributed by atoms with Gasteiger partial charge >= 0.3 is 6.03 Å². The number of aryl methyl sites for hydroxylation is 2. The molecule has 2 N–H and O–H groups in total. The van der Waals surface area contributed by atoms with Gasteiger partial charge in [0, 0.05) is 24.8 Å². The van der Waals surface area contributed by atoms with Gasteiger partial charge in [-0.1, -0.05) is 6.07 Å². The number of ether oxygens (including phenoxy) is 1. The minimum Gasteiger partial charge on any atom is -0.378 e. The molecule has 2 aromatic rings. The molecule has 1 fully saturated rings. The highest BCUT2D eigenvalue weighted by Crippen LogP contribution is 2.38. The Morgan fingerprint density at radius 3 is 2.35 bits per heavy atom. The van der Waals surface area contributed by atoms with Gasteiger partial charge in [0.25, 0.3) is 10.0 Å². The number of fused-ring (bicyclic) bond motifs is 2. The lowest BCUT2D eigenvalue weighted by molar-refractivity contribution is 0.122. The number of carbonyl (C=O) groups is 1. The topological polar surface area (TPSA) is 114 Å². The lowest BCUT2D eigenvalue weighted by Gasteiger charge is -2.27. The number of urea groups is 1. The van der Waals surface area contributed by atoms with Crippen molar-refractivity contribution >= 4 is 27.6 Å². The van der Waals surface area contributed by atoms with Gasteiger partial charge in [-0.3, -0.25) is 0 Å². The van der Waals surface area contributed by atoms with Crippen LogP contribution in [0.2, 0.25) is 0 Å². The van der Waals surface area contributed by atoms with Crippen molar-refractivity contribution in [1.82, 2.24) is 14.9 Å². The molecular weight excluding hydrogens is 418 g/mol. The van der Waals surface area contributed by atoms with Crippen LogP contribution in [-0.4, -0.2) is 50.9 Å². The molecule has 2 amide bonds. The molecule has 0 atom stereocenters. The van der Waals surface area contributed by atoms with E-state index < -0.39 is 16.1 Å². The summed E-state index contributed by atoms with van der Waals surface area (Å²) >= 11 is 0.